The van der Waals surface area contributed by atoms with Crippen molar-refractivity contribution < 1.29 is 9.90 Å². The normalized spacial score (nSPS) is 10.1. The van der Waals surface area contributed by atoms with Crippen molar-refractivity contribution in [2.24, 2.45) is 0 Å². The number of carbonyl (C=O) groups is 1. The number of carboxylic acids is 1. The van der Waals surface area contributed by atoms with E-state index in [0.29, 0.717) is 14.8 Å². The van der Waals surface area contributed by atoms with Crippen LogP contribution < -0.4 is 5.73 Å². The van der Waals surface area contributed by atoms with E-state index in [2.05, 4.69) is 52.8 Å². The summed E-state index contributed by atoms with van der Waals surface area (Å²) in [6, 6.07) is 0. The number of nitrogens with two attached hydrogens (primary N) is 1. The smallest absolute Gasteiger partial charge is 0.355 e. The van der Waals surface area contributed by atoms with Crippen LogP contribution in [0, 0.1) is 0 Å². The topological polar surface area (TPSA) is 76.2 Å². The van der Waals surface area contributed by atoms with Crippen LogP contribution in [0.2, 0.25) is 0 Å². The molecule has 3 N–H and O–H groups in total. The molecule has 0 fully saturated rings. The van der Waals surface area contributed by atoms with Crippen LogP contribution in [0.4, 0.5) is 5.69 Å². The molecule has 4 nitrogen and oxygen atoms in total. The Balaban J connectivity index is 3.50. The summed E-state index contributed by atoms with van der Waals surface area (Å²) in [5.74, 6) is -1.13. The van der Waals surface area contributed by atoms with Crippen molar-refractivity contribution in [3.8, 4) is 0 Å². The molecule has 1 heterocycles. The van der Waals surface area contributed by atoms with Gasteiger partial charge in [-0.3, -0.25) is 0 Å². The van der Waals surface area contributed by atoms with E-state index in [-0.39, 0.29) is 10.2 Å². The Hall–Kier alpha value is -0.140. The van der Waals surface area contributed by atoms with Gasteiger partial charge < -0.3 is 10.8 Å². The average Bonchev–Trinajstić information content (AvgIpc) is 2.07. The molecule has 0 aromatic carbocycles. The zero-order valence-electron chi connectivity index (χ0n) is 6.01. The van der Waals surface area contributed by atoms with E-state index in [0.717, 1.165) is 0 Å². The molecule has 0 radical (unpaired) electrons. The maximum atomic E-state index is 10.7. The zero-order valence-corrected chi connectivity index (χ0v) is 10.8. The molecule has 0 unspecified atom stereocenters. The maximum Gasteiger partial charge on any atom is 0.355 e. The van der Waals surface area contributed by atoms with Crippen molar-refractivity contribution in [3.05, 3.63) is 19.2 Å². The summed E-state index contributed by atoms with van der Waals surface area (Å²) in [5, 5.41) is 8.72. The summed E-state index contributed by atoms with van der Waals surface area (Å²) in [4.78, 5) is 14.4. The molecule has 0 spiro atoms. The number of hydrogen-bond acceptors (Lipinski definition) is 3. The zero-order chi connectivity index (χ0) is 10.2. The van der Waals surface area contributed by atoms with Crippen molar-refractivity contribution in [3.63, 3.8) is 0 Å². The molecule has 70 valence electrons. The molecule has 7 heteroatoms. The van der Waals surface area contributed by atoms with Crippen LogP contribution in [-0.2, 0) is 0 Å². The summed E-state index contributed by atoms with van der Waals surface area (Å²) in [6.07, 6.45) is 0. The SMILES string of the molecule is Nc1c(Br)c(Br)nc(C(=O)O)c1Br. The third-order valence-corrected chi connectivity index (χ3v) is 3.99. The van der Waals surface area contributed by atoms with Crippen LogP contribution in [0.1, 0.15) is 10.5 Å². The quantitative estimate of drug-likeness (QED) is 0.741. The standard InChI is InChI=1S/C6H3Br3N2O2/c7-1-3(10)2(8)5(9)11-4(1)6(12)13/h(H2,10,11)(H,12,13). The summed E-state index contributed by atoms with van der Waals surface area (Å²) in [7, 11) is 0. The molecule has 1 rings (SSSR count). The molecular weight excluding hydrogens is 372 g/mol. The molecule has 0 atom stereocenters. The maximum absolute atomic E-state index is 10.7. The molecule has 1 aromatic rings. The molecule has 0 aliphatic carbocycles. The van der Waals surface area contributed by atoms with E-state index >= 15 is 0 Å². The Morgan fingerprint density at radius 2 is 1.85 bits per heavy atom. The van der Waals surface area contributed by atoms with Crippen LogP contribution in [0.3, 0.4) is 0 Å². The Labute approximate surface area is 98.9 Å². The Morgan fingerprint density at radius 1 is 1.31 bits per heavy atom. The van der Waals surface area contributed by atoms with Gasteiger partial charge in [-0.15, -0.1) is 0 Å². The van der Waals surface area contributed by atoms with Gasteiger partial charge in [0.2, 0.25) is 0 Å². The molecule has 0 aliphatic heterocycles. The van der Waals surface area contributed by atoms with Crippen molar-refractivity contribution in [1.82, 2.24) is 4.98 Å². The molecule has 0 saturated carbocycles. The van der Waals surface area contributed by atoms with Crippen LogP contribution in [0.5, 0.6) is 0 Å². The second kappa shape index (κ2) is 3.93. The minimum Gasteiger partial charge on any atom is -0.476 e. The van der Waals surface area contributed by atoms with Gasteiger partial charge in [0.15, 0.2) is 5.69 Å². The first kappa shape index (κ1) is 10.9. The minimum absolute atomic E-state index is 0.118. The van der Waals surface area contributed by atoms with E-state index in [1.54, 1.807) is 0 Å². The first-order valence-corrected chi connectivity index (χ1v) is 5.36. The van der Waals surface area contributed by atoms with Gasteiger partial charge in [0.05, 0.1) is 14.6 Å². The number of nitrogens with zero attached hydrogens (tertiary/aromatic N) is 1. The second-order valence-corrected chi connectivity index (χ2v) is 4.44. The van der Waals surface area contributed by atoms with E-state index < -0.39 is 5.97 Å². The number of nitrogen functional groups attached to an aromatic ring is 1. The third-order valence-electron chi connectivity index (χ3n) is 1.27. The van der Waals surface area contributed by atoms with Crippen molar-refractivity contribution in [2.75, 3.05) is 5.73 Å². The number of pyridine rings is 1. The number of anilines is 1. The van der Waals surface area contributed by atoms with Gasteiger partial charge in [0, 0.05) is 0 Å². The van der Waals surface area contributed by atoms with Crippen LogP contribution >= 0.6 is 47.8 Å². The summed E-state index contributed by atoms with van der Waals surface area (Å²) in [6.45, 7) is 0. The lowest BCUT2D eigenvalue weighted by Crippen LogP contribution is -2.05. The molecule has 0 aliphatic rings. The summed E-state index contributed by atoms with van der Waals surface area (Å²) < 4.78 is 1.17. The third kappa shape index (κ3) is 2.03. The van der Waals surface area contributed by atoms with Gasteiger partial charge in [0.1, 0.15) is 4.60 Å². The van der Waals surface area contributed by atoms with Crippen LogP contribution in [0.15, 0.2) is 13.5 Å². The summed E-state index contributed by atoms with van der Waals surface area (Å²) in [5.41, 5.74) is 5.78. The Bertz CT molecular complexity index is 381. The monoisotopic (exact) mass is 372 g/mol. The van der Waals surface area contributed by atoms with Gasteiger partial charge >= 0.3 is 5.97 Å². The van der Waals surface area contributed by atoms with Gasteiger partial charge in [-0.1, -0.05) is 0 Å². The van der Waals surface area contributed by atoms with Gasteiger partial charge in [-0.2, -0.15) is 0 Å². The minimum atomic E-state index is -1.13. The van der Waals surface area contributed by atoms with Gasteiger partial charge in [-0.05, 0) is 47.8 Å². The first-order chi connectivity index (χ1) is 5.95. The Kier molecular flexibility index (Phi) is 3.31. The number of hydrogen-bond donors (Lipinski definition) is 2. The van der Waals surface area contributed by atoms with Crippen molar-refractivity contribution >= 4 is 59.4 Å². The van der Waals surface area contributed by atoms with E-state index in [9.17, 15) is 4.79 Å². The number of halogens is 3. The predicted molar refractivity (Wildman–Crippen MR) is 58.7 cm³/mol. The average molecular weight is 375 g/mol. The van der Waals surface area contributed by atoms with Gasteiger partial charge in [0.25, 0.3) is 0 Å². The number of rotatable bonds is 1. The highest BCUT2D eigenvalue weighted by Crippen LogP contribution is 2.34. The van der Waals surface area contributed by atoms with Crippen LogP contribution in [0.25, 0.3) is 0 Å². The molecular formula is C6H3Br3N2O2. The fourth-order valence-electron chi connectivity index (χ4n) is 0.673. The predicted octanol–water partition coefficient (Wildman–Crippen LogP) is 2.65. The van der Waals surface area contributed by atoms with Crippen molar-refractivity contribution in [2.45, 2.75) is 0 Å². The molecule has 0 amide bonds. The highest BCUT2D eigenvalue weighted by molar-refractivity contribution is 9.13. The number of aromatic carboxylic acids is 1. The molecule has 13 heavy (non-hydrogen) atoms. The lowest BCUT2D eigenvalue weighted by atomic mass is 10.3. The lowest BCUT2D eigenvalue weighted by Gasteiger charge is -2.05. The number of aromatic nitrogens is 1. The first-order valence-electron chi connectivity index (χ1n) is 2.98. The van der Waals surface area contributed by atoms with E-state index in [4.69, 9.17) is 10.8 Å². The largest absolute Gasteiger partial charge is 0.476 e. The summed E-state index contributed by atoms with van der Waals surface area (Å²) >= 11 is 9.28. The van der Waals surface area contributed by atoms with E-state index in [1.807, 2.05) is 0 Å². The number of carboxylic acid groups (broad SMARTS) is 1. The molecule has 0 bridgehead atoms. The molecule has 0 saturated heterocycles. The highest BCUT2D eigenvalue weighted by atomic mass is 79.9. The van der Waals surface area contributed by atoms with Crippen LogP contribution in [-0.4, -0.2) is 16.1 Å². The van der Waals surface area contributed by atoms with Crippen molar-refractivity contribution in [1.29, 1.82) is 0 Å². The fraction of sp³-hybridized carbons (Fsp3) is 0. The lowest BCUT2D eigenvalue weighted by molar-refractivity contribution is 0.0689. The molecule has 1 aromatic heterocycles. The fourth-order valence-corrected chi connectivity index (χ4v) is 2.07. The van der Waals surface area contributed by atoms with Gasteiger partial charge in [-0.25, -0.2) is 9.78 Å². The Morgan fingerprint density at radius 3 is 2.31 bits per heavy atom. The second-order valence-electron chi connectivity index (χ2n) is 2.10. The van der Waals surface area contributed by atoms with E-state index in [1.165, 1.54) is 0 Å². The highest BCUT2D eigenvalue weighted by Gasteiger charge is 2.17.